The average molecular weight is 534 g/mol. The van der Waals surface area contributed by atoms with Crippen molar-refractivity contribution >= 4 is 41.8 Å². The minimum Gasteiger partial charge on any atom is -0.481 e. The van der Waals surface area contributed by atoms with E-state index in [1.165, 1.54) is 19.1 Å². The quantitative estimate of drug-likeness (QED) is 0.0588. The van der Waals surface area contributed by atoms with Crippen molar-refractivity contribution in [1.82, 2.24) is 26.6 Å². The first-order valence-electron chi connectivity index (χ1n) is 11.6. The van der Waals surface area contributed by atoms with Crippen molar-refractivity contribution in [1.29, 1.82) is 5.41 Å². The van der Waals surface area contributed by atoms with Crippen molar-refractivity contribution in [3.8, 4) is 0 Å². The molecule has 1 aromatic rings. The number of aliphatic carboxylic acids is 1. The van der Waals surface area contributed by atoms with Crippen LogP contribution in [-0.2, 0) is 35.3 Å². The maximum Gasteiger partial charge on any atom is 0.305 e. The number of carboxylic acid groups (broad SMARTS) is 1. The van der Waals surface area contributed by atoms with Gasteiger partial charge in [0, 0.05) is 18.7 Å². The van der Waals surface area contributed by atoms with Crippen LogP contribution in [0.5, 0.6) is 0 Å². The maximum atomic E-state index is 12.6. The zero-order chi connectivity index (χ0) is 28.7. The van der Waals surface area contributed by atoms with Gasteiger partial charge in [-0.3, -0.25) is 34.2 Å². The van der Waals surface area contributed by atoms with Crippen LogP contribution in [0, 0.1) is 5.41 Å². The highest BCUT2D eigenvalue weighted by Crippen LogP contribution is 2.04. The summed E-state index contributed by atoms with van der Waals surface area (Å²) in [5, 5.41) is 28.4. The summed E-state index contributed by atoms with van der Waals surface area (Å²) in [7, 11) is 0. The molecule has 4 amide bonds. The van der Waals surface area contributed by atoms with Crippen molar-refractivity contribution in [2.45, 2.75) is 50.9 Å². The lowest BCUT2D eigenvalue weighted by molar-refractivity contribution is -0.140. The second-order valence-electron chi connectivity index (χ2n) is 8.29. The second-order valence-corrected chi connectivity index (χ2v) is 8.29. The van der Waals surface area contributed by atoms with Gasteiger partial charge >= 0.3 is 5.97 Å². The summed E-state index contributed by atoms with van der Waals surface area (Å²) in [6.45, 7) is 1.06. The highest BCUT2D eigenvalue weighted by molar-refractivity contribution is 5.94. The Labute approximate surface area is 219 Å². The monoisotopic (exact) mass is 533 g/mol. The van der Waals surface area contributed by atoms with E-state index in [4.69, 9.17) is 22.0 Å². The van der Waals surface area contributed by atoms with E-state index < -0.39 is 60.7 Å². The Morgan fingerprint density at radius 3 is 2.32 bits per heavy atom. The molecule has 0 unspecified atom stereocenters. The number of hydrogen-bond acceptors (Lipinski definition) is 8. The predicted molar refractivity (Wildman–Crippen MR) is 135 cm³/mol. The van der Waals surface area contributed by atoms with Crippen molar-refractivity contribution in [2.24, 2.45) is 11.5 Å². The van der Waals surface area contributed by atoms with Crippen LogP contribution in [0.1, 0.15) is 37.3 Å². The smallest absolute Gasteiger partial charge is 0.305 e. The third-order valence-corrected chi connectivity index (χ3v) is 5.00. The normalized spacial score (nSPS) is 12.7. The third-order valence-electron chi connectivity index (χ3n) is 5.00. The molecule has 38 heavy (non-hydrogen) atoms. The van der Waals surface area contributed by atoms with Crippen molar-refractivity contribution in [3.05, 3.63) is 35.4 Å². The molecular weight excluding hydrogens is 500 g/mol. The molecule has 0 aromatic heterocycles. The summed E-state index contributed by atoms with van der Waals surface area (Å²) in [6, 6.07) is 2.86. The van der Waals surface area contributed by atoms with Crippen LogP contribution in [0.25, 0.3) is 0 Å². The lowest BCUT2D eigenvalue weighted by Gasteiger charge is -2.20. The molecule has 1 aromatic carbocycles. The Hall–Kier alpha value is -4.53. The van der Waals surface area contributed by atoms with E-state index in [9.17, 15) is 28.8 Å². The Balaban J connectivity index is 2.72. The highest BCUT2D eigenvalue weighted by Gasteiger charge is 2.25. The molecule has 0 bridgehead atoms. The Bertz CT molecular complexity index is 1030. The van der Waals surface area contributed by atoms with Crippen LogP contribution >= 0.6 is 0 Å². The van der Waals surface area contributed by atoms with Gasteiger partial charge in [-0.25, -0.2) is 0 Å². The maximum absolute atomic E-state index is 12.6. The van der Waals surface area contributed by atoms with Crippen LogP contribution in [0.4, 0.5) is 0 Å². The summed E-state index contributed by atoms with van der Waals surface area (Å²) < 4.78 is 0. The largest absolute Gasteiger partial charge is 0.481 e. The molecule has 15 heteroatoms. The lowest BCUT2D eigenvalue weighted by Crippen LogP contribution is -2.54. The molecule has 0 aliphatic rings. The number of nitrogens with one attached hydrogen (secondary N) is 6. The Morgan fingerprint density at radius 1 is 1.03 bits per heavy atom. The molecule has 0 spiro atoms. The molecule has 1 rings (SSSR count). The van der Waals surface area contributed by atoms with Gasteiger partial charge in [-0.2, -0.15) is 0 Å². The van der Waals surface area contributed by atoms with Crippen molar-refractivity contribution in [3.63, 3.8) is 0 Å². The first-order valence-corrected chi connectivity index (χ1v) is 11.6. The first kappa shape index (κ1) is 31.5. The first-order chi connectivity index (χ1) is 17.9. The fraction of sp³-hybridized carbons (Fsp3) is 0.435. The summed E-state index contributed by atoms with van der Waals surface area (Å²) in [5.74, 6) is -4.52. The van der Waals surface area contributed by atoms with E-state index >= 15 is 0 Å². The topological polar surface area (TPSA) is 259 Å². The van der Waals surface area contributed by atoms with Gasteiger partial charge in [-0.05, 0) is 31.4 Å². The van der Waals surface area contributed by atoms with Gasteiger partial charge in [0.25, 0.3) is 0 Å². The number of benzene rings is 1. The van der Waals surface area contributed by atoms with Crippen LogP contribution < -0.4 is 38.1 Å². The standard InChI is InChI=1S/C23H33N8O7/c1-13(24)20(36)31-16(6-3-7-27-23(25)26)21(37)29-11-18(33)30-17(9-19(34)35)22(38)28-10-14-4-2-5-15(8-14)12-32/h2,4-5,8,13,16-17H,3,6-7,9-11,24H2,1H3,(H,28,38)(H,29,37)(H,30,33)(H,31,36)(H,34,35)(H4,25,26,27)/t13-,16-,17-/m0/s1. The number of rotatable bonds is 16. The van der Waals surface area contributed by atoms with E-state index in [1.54, 1.807) is 18.4 Å². The fourth-order valence-corrected chi connectivity index (χ4v) is 3.08. The van der Waals surface area contributed by atoms with Crippen LogP contribution in [-0.4, -0.2) is 78.2 Å². The molecule has 11 N–H and O–H groups in total. The summed E-state index contributed by atoms with van der Waals surface area (Å²) in [4.78, 5) is 71.5. The van der Waals surface area contributed by atoms with Crippen LogP contribution in [0.15, 0.2) is 24.3 Å². The van der Waals surface area contributed by atoms with Gasteiger partial charge in [0.15, 0.2) is 5.96 Å². The summed E-state index contributed by atoms with van der Waals surface area (Å²) >= 11 is 0. The van der Waals surface area contributed by atoms with E-state index in [2.05, 4.69) is 26.6 Å². The molecule has 0 fully saturated rings. The summed E-state index contributed by atoms with van der Waals surface area (Å²) in [6.07, 6.45) is 1.48. The van der Waals surface area contributed by atoms with Gasteiger partial charge in [0.05, 0.1) is 19.0 Å². The Kier molecular flexibility index (Phi) is 13.5. The highest BCUT2D eigenvalue weighted by atomic mass is 16.4. The molecular formula is C23H33N8O7. The minimum atomic E-state index is -1.44. The molecule has 0 saturated heterocycles. The molecule has 15 nitrogen and oxygen atoms in total. The number of hydrogen-bond donors (Lipinski definition) is 9. The number of amides is 4. The zero-order valence-corrected chi connectivity index (χ0v) is 20.8. The molecule has 3 atom stereocenters. The van der Waals surface area contributed by atoms with Gasteiger partial charge < -0.3 is 43.2 Å². The van der Waals surface area contributed by atoms with Crippen LogP contribution in [0.3, 0.4) is 0 Å². The van der Waals surface area contributed by atoms with Crippen molar-refractivity contribution < 1.29 is 33.9 Å². The van der Waals surface area contributed by atoms with Gasteiger partial charge in [0.1, 0.15) is 12.1 Å². The van der Waals surface area contributed by atoms with E-state index in [-0.39, 0.29) is 31.0 Å². The number of nitrogens with two attached hydrogens (primary N) is 2. The van der Waals surface area contributed by atoms with E-state index in [0.717, 1.165) is 0 Å². The predicted octanol–water partition coefficient (Wildman–Crippen LogP) is -3.07. The molecule has 0 saturated carbocycles. The molecule has 0 heterocycles. The van der Waals surface area contributed by atoms with E-state index in [0.29, 0.717) is 12.0 Å². The molecule has 1 radical (unpaired) electrons. The third kappa shape index (κ3) is 12.4. The molecule has 0 aliphatic carbocycles. The van der Waals surface area contributed by atoms with Crippen LogP contribution in [0.2, 0.25) is 0 Å². The van der Waals surface area contributed by atoms with E-state index in [1.807, 2.05) is 0 Å². The zero-order valence-electron chi connectivity index (χ0n) is 20.8. The molecule has 0 aliphatic heterocycles. The average Bonchev–Trinajstić information content (AvgIpc) is 2.86. The van der Waals surface area contributed by atoms with Gasteiger partial charge in [-0.15, -0.1) is 0 Å². The fourth-order valence-electron chi connectivity index (χ4n) is 3.08. The SMILES string of the molecule is C[C@H](N)C(=O)N[C@@H](CCCNC(=N)N)C(=O)NCC(=O)N[C@@H](CC(=O)O)C(=O)NCc1cccc([C]=O)c1. The van der Waals surface area contributed by atoms with Gasteiger partial charge in [-0.1, -0.05) is 18.2 Å². The number of carbonyl (C=O) groups is 5. The number of carbonyl (C=O) groups excluding carboxylic acids is 5. The lowest BCUT2D eigenvalue weighted by atomic mass is 10.1. The second kappa shape index (κ2) is 16.3. The summed E-state index contributed by atoms with van der Waals surface area (Å²) in [5.41, 5.74) is 11.6. The van der Waals surface area contributed by atoms with Crippen molar-refractivity contribution in [2.75, 3.05) is 13.1 Å². The number of guanidine groups is 1. The molecule has 207 valence electrons. The minimum absolute atomic E-state index is 0.0312. The van der Waals surface area contributed by atoms with Gasteiger partial charge in [0.2, 0.25) is 29.9 Å². The Morgan fingerprint density at radius 2 is 1.71 bits per heavy atom. The number of carboxylic acids is 1.